The zero-order valence-corrected chi connectivity index (χ0v) is 12.6. The average molecular weight is 279 g/mol. The summed E-state index contributed by atoms with van der Waals surface area (Å²) in [4.78, 5) is 4.42. The van der Waals surface area contributed by atoms with Gasteiger partial charge in [-0.15, -0.1) is 0 Å². The minimum absolute atomic E-state index is 0.628. The normalized spacial score (nSPS) is 11.2. The molecule has 5 nitrogen and oxygen atoms in total. The van der Waals surface area contributed by atoms with Gasteiger partial charge in [0.2, 0.25) is 0 Å². The van der Waals surface area contributed by atoms with Gasteiger partial charge in [-0.2, -0.15) is 0 Å². The fourth-order valence-corrected chi connectivity index (χ4v) is 1.82. The van der Waals surface area contributed by atoms with E-state index in [1.54, 1.807) is 14.2 Å². The number of hydrogen-bond acceptors (Lipinski definition) is 3. The lowest BCUT2D eigenvalue weighted by Crippen LogP contribution is -2.38. The molecule has 0 heterocycles. The summed E-state index contributed by atoms with van der Waals surface area (Å²) in [5, 5.41) is 6.52. The van der Waals surface area contributed by atoms with Gasteiger partial charge in [-0.1, -0.05) is 18.2 Å². The Hall–Kier alpha value is -1.75. The van der Waals surface area contributed by atoms with E-state index < -0.39 is 0 Å². The summed E-state index contributed by atoms with van der Waals surface area (Å²) < 4.78 is 10.3. The van der Waals surface area contributed by atoms with Crippen molar-refractivity contribution in [3.8, 4) is 5.75 Å². The molecule has 1 rings (SSSR count). The molecular weight excluding hydrogens is 254 g/mol. The zero-order valence-electron chi connectivity index (χ0n) is 12.6. The van der Waals surface area contributed by atoms with Crippen LogP contribution in [0.4, 0.5) is 0 Å². The van der Waals surface area contributed by atoms with Gasteiger partial charge in [-0.05, 0) is 25.0 Å². The Balaban J connectivity index is 2.45. The molecule has 0 aliphatic heterocycles. The fraction of sp³-hybridized carbons (Fsp3) is 0.533. The summed E-state index contributed by atoms with van der Waals surface area (Å²) >= 11 is 0. The molecule has 0 saturated heterocycles. The van der Waals surface area contributed by atoms with Crippen LogP contribution < -0.4 is 15.4 Å². The van der Waals surface area contributed by atoms with Gasteiger partial charge in [0.25, 0.3) is 0 Å². The molecule has 5 heteroatoms. The second-order valence-electron chi connectivity index (χ2n) is 4.24. The topological polar surface area (TPSA) is 54.9 Å². The third kappa shape index (κ3) is 5.93. The molecule has 1 aromatic carbocycles. The molecule has 0 saturated carbocycles. The summed E-state index contributed by atoms with van der Waals surface area (Å²) in [6, 6.07) is 8.06. The largest absolute Gasteiger partial charge is 0.496 e. The van der Waals surface area contributed by atoms with E-state index in [4.69, 9.17) is 9.47 Å². The molecule has 0 atom stereocenters. The second-order valence-corrected chi connectivity index (χ2v) is 4.24. The van der Waals surface area contributed by atoms with E-state index in [2.05, 4.69) is 21.7 Å². The first-order valence-electron chi connectivity index (χ1n) is 6.94. The number of benzene rings is 1. The minimum atomic E-state index is 0.628. The van der Waals surface area contributed by atoms with Crippen molar-refractivity contribution < 1.29 is 9.47 Å². The third-order valence-electron chi connectivity index (χ3n) is 2.79. The van der Waals surface area contributed by atoms with Gasteiger partial charge >= 0.3 is 0 Å². The first-order chi connectivity index (χ1) is 9.81. The van der Waals surface area contributed by atoms with Crippen LogP contribution in [0.2, 0.25) is 0 Å². The summed E-state index contributed by atoms with van der Waals surface area (Å²) in [5.41, 5.74) is 1.19. The van der Waals surface area contributed by atoms with Crippen molar-refractivity contribution in [3.05, 3.63) is 29.8 Å². The first-order valence-corrected chi connectivity index (χ1v) is 6.94. The summed E-state index contributed by atoms with van der Waals surface area (Å²) in [6.45, 7) is 4.98. The van der Waals surface area contributed by atoms with E-state index in [1.807, 2.05) is 25.1 Å². The van der Waals surface area contributed by atoms with Crippen molar-refractivity contribution in [1.82, 2.24) is 10.6 Å². The number of methoxy groups -OCH3 is 2. The number of nitrogens with one attached hydrogen (secondary N) is 2. The standard InChI is InChI=1S/C15H25N3O2/c1-4-16-15(18-11-12-19-2)17-10-9-13-7-5-6-8-14(13)20-3/h5-8H,4,9-12H2,1-3H3,(H2,16,17,18). The van der Waals surface area contributed by atoms with E-state index in [1.165, 1.54) is 5.56 Å². The van der Waals surface area contributed by atoms with E-state index in [0.717, 1.165) is 31.2 Å². The molecule has 0 unspecified atom stereocenters. The smallest absolute Gasteiger partial charge is 0.191 e. The predicted molar refractivity (Wildman–Crippen MR) is 82.6 cm³/mol. The van der Waals surface area contributed by atoms with Gasteiger partial charge in [-0.25, -0.2) is 0 Å². The zero-order chi connectivity index (χ0) is 14.6. The molecular formula is C15H25N3O2. The van der Waals surface area contributed by atoms with Crippen molar-refractivity contribution in [1.29, 1.82) is 0 Å². The number of aliphatic imine (C=N–C) groups is 1. The number of rotatable bonds is 8. The number of hydrogen-bond donors (Lipinski definition) is 2. The Morgan fingerprint density at radius 1 is 1.20 bits per heavy atom. The van der Waals surface area contributed by atoms with Crippen molar-refractivity contribution in [2.75, 3.05) is 40.5 Å². The molecule has 0 fully saturated rings. The van der Waals surface area contributed by atoms with Crippen LogP contribution in [0.1, 0.15) is 12.5 Å². The maximum atomic E-state index is 5.34. The maximum Gasteiger partial charge on any atom is 0.191 e. The van der Waals surface area contributed by atoms with Crippen molar-refractivity contribution in [3.63, 3.8) is 0 Å². The summed E-state index contributed by atoms with van der Waals surface area (Å²) in [7, 11) is 3.38. The van der Waals surface area contributed by atoms with Crippen LogP contribution in [-0.4, -0.2) is 46.4 Å². The van der Waals surface area contributed by atoms with Gasteiger partial charge in [0.15, 0.2) is 5.96 Å². The predicted octanol–water partition coefficient (Wildman–Crippen LogP) is 1.44. The van der Waals surface area contributed by atoms with E-state index >= 15 is 0 Å². The summed E-state index contributed by atoms with van der Waals surface area (Å²) in [6.07, 6.45) is 0.888. The lowest BCUT2D eigenvalue weighted by molar-refractivity contribution is 0.208. The SMILES string of the molecule is CCNC(=NCCOC)NCCc1ccccc1OC. The molecule has 0 spiro atoms. The van der Waals surface area contributed by atoms with Crippen LogP contribution in [0.3, 0.4) is 0 Å². The number of nitrogens with zero attached hydrogens (tertiary/aromatic N) is 1. The number of ether oxygens (including phenoxy) is 2. The van der Waals surface area contributed by atoms with Crippen LogP contribution in [0.15, 0.2) is 29.3 Å². The Labute approximate surface area is 121 Å². The quantitative estimate of drug-likeness (QED) is 0.429. The average Bonchev–Trinajstić information content (AvgIpc) is 2.48. The molecule has 0 bridgehead atoms. The van der Waals surface area contributed by atoms with Crippen LogP contribution in [0.25, 0.3) is 0 Å². The second kappa shape index (κ2) is 10.1. The van der Waals surface area contributed by atoms with Crippen molar-refractivity contribution in [2.45, 2.75) is 13.3 Å². The van der Waals surface area contributed by atoms with Crippen LogP contribution in [0, 0.1) is 0 Å². The van der Waals surface area contributed by atoms with Gasteiger partial charge in [-0.3, -0.25) is 4.99 Å². The van der Waals surface area contributed by atoms with Crippen LogP contribution >= 0.6 is 0 Å². The highest BCUT2D eigenvalue weighted by Gasteiger charge is 2.02. The van der Waals surface area contributed by atoms with Gasteiger partial charge < -0.3 is 20.1 Å². The van der Waals surface area contributed by atoms with Crippen molar-refractivity contribution >= 4 is 5.96 Å². The van der Waals surface area contributed by atoms with Gasteiger partial charge in [0.1, 0.15) is 5.75 Å². The first kappa shape index (κ1) is 16.3. The molecule has 1 aromatic rings. The van der Waals surface area contributed by atoms with Gasteiger partial charge in [0, 0.05) is 20.2 Å². The lowest BCUT2D eigenvalue weighted by Gasteiger charge is -2.12. The molecule has 0 aliphatic carbocycles. The van der Waals surface area contributed by atoms with E-state index in [-0.39, 0.29) is 0 Å². The Morgan fingerprint density at radius 2 is 2.00 bits per heavy atom. The molecule has 0 radical (unpaired) electrons. The van der Waals surface area contributed by atoms with Crippen LogP contribution in [0.5, 0.6) is 5.75 Å². The van der Waals surface area contributed by atoms with Crippen molar-refractivity contribution in [2.24, 2.45) is 4.99 Å². The Kier molecular flexibility index (Phi) is 8.22. The maximum absolute atomic E-state index is 5.34. The molecule has 112 valence electrons. The van der Waals surface area contributed by atoms with Crippen LogP contribution in [-0.2, 0) is 11.2 Å². The fourth-order valence-electron chi connectivity index (χ4n) is 1.82. The van der Waals surface area contributed by atoms with E-state index in [0.29, 0.717) is 13.2 Å². The third-order valence-corrected chi connectivity index (χ3v) is 2.79. The number of guanidine groups is 1. The summed E-state index contributed by atoms with van der Waals surface area (Å²) in [5.74, 6) is 1.75. The lowest BCUT2D eigenvalue weighted by atomic mass is 10.1. The molecule has 0 amide bonds. The van der Waals surface area contributed by atoms with E-state index in [9.17, 15) is 0 Å². The minimum Gasteiger partial charge on any atom is -0.496 e. The highest BCUT2D eigenvalue weighted by molar-refractivity contribution is 5.79. The Bertz CT molecular complexity index is 408. The molecule has 0 aromatic heterocycles. The molecule has 0 aliphatic rings. The highest BCUT2D eigenvalue weighted by Crippen LogP contribution is 2.17. The monoisotopic (exact) mass is 279 g/mol. The van der Waals surface area contributed by atoms with Gasteiger partial charge in [0.05, 0.1) is 20.3 Å². The number of para-hydroxylation sites is 1. The molecule has 2 N–H and O–H groups in total. The molecule has 20 heavy (non-hydrogen) atoms. The highest BCUT2D eigenvalue weighted by atomic mass is 16.5. The Morgan fingerprint density at radius 3 is 2.70 bits per heavy atom.